The van der Waals surface area contributed by atoms with Gasteiger partial charge in [0, 0.05) is 49.1 Å². The molecule has 15 nitrogen and oxygen atoms in total. The van der Waals surface area contributed by atoms with Gasteiger partial charge in [0.05, 0.1) is 46.7 Å². The molecule has 0 bridgehead atoms. The molecule has 324 valence electrons. The van der Waals surface area contributed by atoms with Gasteiger partial charge in [-0.2, -0.15) is 10.2 Å². The van der Waals surface area contributed by atoms with Crippen LogP contribution in [0.1, 0.15) is 85.7 Å². The molecule has 1 aliphatic carbocycles. The van der Waals surface area contributed by atoms with Gasteiger partial charge in [0.25, 0.3) is 5.91 Å². The van der Waals surface area contributed by atoms with E-state index in [4.69, 9.17) is 14.7 Å². The van der Waals surface area contributed by atoms with Gasteiger partial charge in [-0.1, -0.05) is 11.2 Å². The van der Waals surface area contributed by atoms with Gasteiger partial charge in [-0.3, -0.25) is 23.3 Å². The number of hydrogen-bond donors (Lipinski definition) is 2. The van der Waals surface area contributed by atoms with Crippen molar-refractivity contribution < 1.29 is 28.3 Å². The molecule has 2 N–H and O–H groups in total. The first-order valence-corrected chi connectivity index (χ1v) is 21.3. The fourth-order valence-corrected chi connectivity index (χ4v) is 10.1. The molecule has 3 aliphatic heterocycles. The van der Waals surface area contributed by atoms with Crippen molar-refractivity contribution >= 4 is 33.5 Å². The number of carbonyl (C=O) groups is 1. The minimum Gasteiger partial charge on any atom is -0.376 e. The fraction of sp³-hybridized carbons (Fsp3) is 0.370. The Hall–Kier alpha value is -6.59. The predicted molar refractivity (Wildman–Crippen MR) is 230 cm³/mol. The third kappa shape index (κ3) is 6.07. The quantitative estimate of drug-likeness (QED) is 0.184. The molecule has 1 unspecified atom stereocenters. The van der Waals surface area contributed by atoms with Crippen molar-refractivity contribution in [3.63, 3.8) is 0 Å². The summed E-state index contributed by atoms with van der Waals surface area (Å²) >= 11 is 0. The second kappa shape index (κ2) is 14.0. The number of nitrogens with zero attached hydrogens (tertiary/aromatic N) is 9. The minimum absolute atomic E-state index is 0.0501. The molecule has 7 aromatic rings. The summed E-state index contributed by atoms with van der Waals surface area (Å²) in [5.74, 6) is -0.483. The van der Waals surface area contributed by atoms with Gasteiger partial charge in [0.2, 0.25) is 0 Å². The number of hydrogen-bond acceptors (Lipinski definition) is 9. The highest BCUT2D eigenvalue weighted by Crippen LogP contribution is 2.50. The molecule has 63 heavy (non-hydrogen) atoms. The maximum atomic E-state index is 16.1. The minimum atomic E-state index is -1.30. The number of halogens is 2. The Balaban J connectivity index is 1.04. The third-order valence-corrected chi connectivity index (χ3v) is 13.5. The molecule has 17 heteroatoms. The number of fused-ring (bicyclic) bond motifs is 3. The molecule has 1 saturated carbocycles. The van der Waals surface area contributed by atoms with E-state index in [1.165, 1.54) is 33.2 Å². The first-order valence-electron chi connectivity index (χ1n) is 21.3. The number of imidazole rings is 1. The van der Waals surface area contributed by atoms with Crippen molar-refractivity contribution in [2.24, 2.45) is 12.2 Å². The first-order chi connectivity index (χ1) is 30.2. The van der Waals surface area contributed by atoms with Gasteiger partial charge in [-0.05, 0) is 119 Å². The fourth-order valence-electron chi connectivity index (χ4n) is 10.1. The number of aromatic nitrogens is 7. The Bertz CT molecular complexity index is 3130. The lowest BCUT2D eigenvalue weighted by atomic mass is 9.83. The van der Waals surface area contributed by atoms with Gasteiger partial charge in [-0.15, -0.1) is 0 Å². The summed E-state index contributed by atoms with van der Waals surface area (Å²) in [6.07, 6.45) is 6.29. The van der Waals surface area contributed by atoms with E-state index in [2.05, 4.69) is 47.6 Å². The maximum Gasteiger partial charge on any atom is 0.337 e. The zero-order chi connectivity index (χ0) is 43.7. The van der Waals surface area contributed by atoms with Crippen LogP contribution in [0.25, 0.3) is 44.4 Å². The standard InChI is InChI=1S/C46H46F2N10O5/c1-25-20-28(6-8-32(25)47)38-40(56-16-15-55(44(56)61)35-11-10-34-31(37(35)48)24-49-53(34)5)39-26(2)54(17-18-57(39)51-38)41(59)36-22-30-21-27(29-12-19-62-45(3,4)23-29)7-9-33(30)58(36)46(13-14-46)42-50-43(60)63-52-42/h6-11,15-16,20-22,24,26,29,43,60H,12-14,17-19,23H2,1-5H3,(H,50,52)/t26-,29+,43?/m0/s1. The lowest BCUT2D eigenvalue weighted by Crippen LogP contribution is -2.45. The van der Waals surface area contributed by atoms with Crippen LogP contribution in [0.5, 0.6) is 0 Å². The summed E-state index contributed by atoms with van der Waals surface area (Å²) in [6.45, 7) is 9.05. The molecule has 3 aromatic carbocycles. The topological polar surface area (TPSA) is 151 Å². The Morgan fingerprint density at radius 2 is 1.79 bits per heavy atom. The number of carbonyl (C=O) groups excluding carboxylic acids is 1. The molecular weight excluding hydrogens is 811 g/mol. The molecular formula is C46H46F2N10O5. The van der Waals surface area contributed by atoms with Gasteiger partial charge in [0.1, 0.15) is 28.4 Å². The number of aryl methyl sites for hydroxylation is 2. The first kappa shape index (κ1) is 39.3. The summed E-state index contributed by atoms with van der Waals surface area (Å²) in [7, 11) is 1.72. The van der Waals surface area contributed by atoms with Crippen molar-refractivity contribution in [1.29, 1.82) is 0 Å². The molecule has 7 heterocycles. The molecule has 1 saturated heterocycles. The number of aliphatic hydroxyl groups is 1. The lowest BCUT2D eigenvalue weighted by Gasteiger charge is -2.35. The van der Waals surface area contributed by atoms with Crippen LogP contribution in [0.3, 0.4) is 0 Å². The van der Waals surface area contributed by atoms with Crippen LogP contribution in [-0.2, 0) is 28.7 Å². The van der Waals surface area contributed by atoms with Gasteiger partial charge >= 0.3 is 12.1 Å². The van der Waals surface area contributed by atoms with Crippen LogP contribution in [-0.4, -0.2) is 80.2 Å². The monoisotopic (exact) mass is 856 g/mol. The lowest BCUT2D eigenvalue weighted by molar-refractivity contribution is -0.0896. The van der Waals surface area contributed by atoms with Crippen LogP contribution < -0.4 is 11.0 Å². The summed E-state index contributed by atoms with van der Waals surface area (Å²) < 4.78 is 44.9. The summed E-state index contributed by atoms with van der Waals surface area (Å²) in [4.78, 5) is 37.0. The largest absolute Gasteiger partial charge is 0.376 e. The van der Waals surface area contributed by atoms with Gasteiger partial charge in [-0.25, -0.2) is 13.6 Å². The molecule has 0 radical (unpaired) electrons. The second-order valence-corrected chi connectivity index (χ2v) is 17.9. The van der Waals surface area contributed by atoms with Crippen LogP contribution >= 0.6 is 0 Å². The Labute approximate surface area is 359 Å². The zero-order valence-electron chi connectivity index (χ0n) is 35.5. The highest BCUT2D eigenvalue weighted by molar-refractivity contribution is 6.03. The van der Waals surface area contributed by atoms with E-state index in [-0.39, 0.29) is 34.3 Å². The van der Waals surface area contributed by atoms with Crippen molar-refractivity contribution in [3.05, 3.63) is 118 Å². The smallest absolute Gasteiger partial charge is 0.337 e. The zero-order valence-corrected chi connectivity index (χ0v) is 35.5. The average molecular weight is 857 g/mol. The third-order valence-electron chi connectivity index (χ3n) is 13.5. The van der Waals surface area contributed by atoms with E-state index < -0.39 is 29.5 Å². The highest BCUT2D eigenvalue weighted by Gasteiger charge is 2.54. The molecule has 11 rings (SSSR count). The van der Waals surface area contributed by atoms with Crippen molar-refractivity contribution in [3.8, 4) is 22.6 Å². The predicted octanol–water partition coefficient (Wildman–Crippen LogP) is 6.51. The number of nitrogens with one attached hydrogen (secondary N) is 1. The van der Waals surface area contributed by atoms with Crippen LogP contribution in [0.4, 0.5) is 8.78 Å². The maximum absolute atomic E-state index is 16.1. The summed E-state index contributed by atoms with van der Waals surface area (Å²) in [5.41, 5.74) is 3.91. The molecule has 4 aliphatic rings. The van der Waals surface area contributed by atoms with Gasteiger partial charge < -0.3 is 29.5 Å². The average Bonchev–Trinajstić information content (AvgIpc) is 3.72. The number of ether oxygens (including phenoxy) is 1. The van der Waals surface area contributed by atoms with Crippen molar-refractivity contribution in [2.75, 3.05) is 13.2 Å². The van der Waals surface area contributed by atoms with Crippen LogP contribution in [0, 0.1) is 18.6 Å². The van der Waals surface area contributed by atoms with E-state index >= 15 is 9.18 Å². The number of aliphatic hydroxyl groups excluding tert-OH is 1. The number of amidine groups is 1. The Morgan fingerprint density at radius 3 is 2.54 bits per heavy atom. The van der Waals surface area contributed by atoms with Crippen molar-refractivity contribution in [2.45, 2.75) is 89.4 Å². The van der Waals surface area contributed by atoms with E-state index in [9.17, 15) is 14.3 Å². The van der Waals surface area contributed by atoms with E-state index in [0.717, 1.165) is 23.7 Å². The number of amides is 1. The number of benzene rings is 3. The molecule has 2 fully saturated rings. The van der Waals surface area contributed by atoms with E-state index in [0.29, 0.717) is 77.8 Å². The van der Waals surface area contributed by atoms with Crippen LogP contribution in [0.15, 0.2) is 83.1 Å². The summed E-state index contributed by atoms with van der Waals surface area (Å²) in [6, 6.07) is 15.6. The Morgan fingerprint density at radius 1 is 1.00 bits per heavy atom. The number of rotatable bonds is 7. The normalized spacial score (nSPS) is 21.4. The van der Waals surface area contributed by atoms with Gasteiger partial charge in [0.15, 0.2) is 11.7 Å². The summed E-state index contributed by atoms with van der Waals surface area (Å²) in [5, 5.41) is 27.9. The SMILES string of the molecule is Cc1cc(-c2nn3c(c2-n2ccn(-c4ccc5c(cnn5C)c4F)c2=O)[C@H](C)N(C(=O)c2cc4cc([C@@H]5CCOC(C)(C)C5)ccc4n2C2(C4=NOC(O)N4)CC2)CC3)ccc1F. The molecule has 3 atom stereocenters. The number of oxime groups is 1. The highest BCUT2D eigenvalue weighted by atomic mass is 19.1. The van der Waals surface area contributed by atoms with Crippen molar-refractivity contribution in [1.82, 2.24) is 43.5 Å². The molecule has 1 amide bonds. The molecule has 4 aromatic heterocycles. The van der Waals surface area contributed by atoms with Crippen LogP contribution in [0.2, 0.25) is 0 Å². The van der Waals surface area contributed by atoms with E-state index in [1.807, 2.05) is 17.6 Å². The second-order valence-electron chi connectivity index (χ2n) is 17.9. The Kier molecular flexibility index (Phi) is 8.70. The molecule has 0 spiro atoms. The van der Waals surface area contributed by atoms with E-state index in [1.54, 1.807) is 58.7 Å².